The fourth-order valence-electron chi connectivity index (χ4n) is 5.33. The number of hydrogen-bond acceptors (Lipinski definition) is 4. The summed E-state index contributed by atoms with van der Waals surface area (Å²) >= 11 is 0. The lowest BCUT2D eigenvalue weighted by Crippen LogP contribution is -2.68. The van der Waals surface area contributed by atoms with Crippen LogP contribution in [0.1, 0.15) is 49.0 Å². The molecule has 4 N–H and O–H groups in total. The largest absolute Gasteiger partial charge is 0.508 e. The van der Waals surface area contributed by atoms with Gasteiger partial charge in [-0.2, -0.15) is 0 Å². The van der Waals surface area contributed by atoms with E-state index in [0.717, 1.165) is 32.1 Å². The zero-order valence-corrected chi connectivity index (χ0v) is 12.0. The minimum absolute atomic E-state index is 0.0657. The Kier molecular flexibility index (Phi) is 2.61. The van der Waals surface area contributed by atoms with Crippen LogP contribution in [0.2, 0.25) is 0 Å². The molecule has 4 fully saturated rings. The van der Waals surface area contributed by atoms with Crippen molar-refractivity contribution >= 4 is 5.91 Å². The molecule has 1 amide bonds. The number of carbonyl (C=O) groups excluding carboxylic acids is 1. The molecule has 4 aliphatic rings. The Morgan fingerprint density at radius 3 is 2.67 bits per heavy atom. The van der Waals surface area contributed by atoms with Crippen molar-refractivity contribution in [1.29, 1.82) is 0 Å². The molecule has 0 saturated heterocycles. The van der Waals surface area contributed by atoms with Gasteiger partial charge in [-0.15, -0.1) is 0 Å². The lowest BCUT2D eigenvalue weighted by molar-refractivity contribution is -0.0321. The highest BCUT2D eigenvalue weighted by atomic mass is 16.3. The molecule has 1 aromatic heterocycles. The molecule has 4 bridgehead atoms. The summed E-state index contributed by atoms with van der Waals surface area (Å²) in [5.74, 6) is 1.16. The van der Waals surface area contributed by atoms with Gasteiger partial charge >= 0.3 is 0 Å². The lowest BCUT2D eigenvalue weighted by atomic mass is 9.50. The Hall–Kier alpha value is -1.62. The first kappa shape index (κ1) is 13.1. The maximum atomic E-state index is 12.5. The van der Waals surface area contributed by atoms with Crippen LogP contribution in [0.4, 0.5) is 0 Å². The van der Waals surface area contributed by atoms with Gasteiger partial charge in [-0.1, -0.05) is 0 Å². The molecule has 0 spiro atoms. The van der Waals surface area contributed by atoms with Gasteiger partial charge in [0.15, 0.2) is 0 Å². The van der Waals surface area contributed by atoms with Crippen LogP contribution >= 0.6 is 0 Å². The van der Waals surface area contributed by atoms with Crippen LogP contribution in [-0.2, 0) is 0 Å². The van der Waals surface area contributed by atoms with Gasteiger partial charge in [-0.05, 0) is 56.4 Å². The van der Waals surface area contributed by atoms with E-state index in [-0.39, 0.29) is 28.4 Å². The van der Waals surface area contributed by atoms with Crippen molar-refractivity contribution < 1.29 is 9.90 Å². The molecule has 0 aromatic carbocycles. The van der Waals surface area contributed by atoms with E-state index in [4.69, 9.17) is 5.73 Å². The number of amides is 1. The monoisotopic (exact) mass is 287 g/mol. The molecule has 0 aliphatic heterocycles. The quantitative estimate of drug-likeness (QED) is 0.770. The summed E-state index contributed by atoms with van der Waals surface area (Å²) in [6.07, 6.45) is 7.86. The number of aromatic hydroxyl groups is 1. The normalized spacial score (nSPS) is 40.2. The predicted octanol–water partition coefficient (Wildman–Crippen LogP) is 1.57. The highest BCUT2D eigenvalue weighted by molar-refractivity contribution is 5.93. The van der Waals surface area contributed by atoms with Crippen LogP contribution in [-0.4, -0.2) is 27.1 Å². The van der Waals surface area contributed by atoms with Crippen molar-refractivity contribution in [2.45, 2.75) is 49.6 Å². The van der Waals surface area contributed by atoms with Gasteiger partial charge in [0, 0.05) is 23.3 Å². The second-order valence-corrected chi connectivity index (χ2v) is 7.46. The fraction of sp³-hybridized carbons (Fsp3) is 0.625. The number of rotatable bonds is 2. The number of aromatic nitrogens is 1. The van der Waals surface area contributed by atoms with Crippen LogP contribution in [0.15, 0.2) is 18.3 Å². The molecular weight excluding hydrogens is 266 g/mol. The first-order valence-corrected chi connectivity index (χ1v) is 7.72. The highest BCUT2D eigenvalue weighted by Gasteiger charge is 2.56. The molecule has 5 rings (SSSR count). The van der Waals surface area contributed by atoms with Gasteiger partial charge in [-0.3, -0.25) is 9.78 Å². The number of nitrogens with one attached hydrogen (secondary N) is 1. The topological polar surface area (TPSA) is 88.2 Å². The van der Waals surface area contributed by atoms with Crippen molar-refractivity contribution in [2.24, 2.45) is 17.6 Å². The number of hydrogen-bond donors (Lipinski definition) is 3. The molecule has 5 heteroatoms. The van der Waals surface area contributed by atoms with Crippen LogP contribution in [0.25, 0.3) is 0 Å². The number of nitrogens with zero attached hydrogens (tertiary/aromatic N) is 1. The van der Waals surface area contributed by atoms with Crippen molar-refractivity contribution in [2.75, 3.05) is 0 Å². The minimum Gasteiger partial charge on any atom is -0.508 e. The molecule has 2 atom stereocenters. The van der Waals surface area contributed by atoms with Gasteiger partial charge in [-0.25, -0.2) is 0 Å². The smallest absolute Gasteiger partial charge is 0.270 e. The lowest BCUT2D eigenvalue weighted by Gasteiger charge is -2.61. The average molecular weight is 287 g/mol. The molecule has 1 heterocycles. The standard InChI is InChI=1S/C16H21N3O2/c17-15-5-10-3-11(6-15)8-16(7-10,9-15)19-14(21)13-4-12(20)1-2-18-13/h1-2,4,10-11H,3,5-9,17H2,(H,18,20)(H,19,21). The van der Waals surface area contributed by atoms with E-state index in [1.54, 1.807) is 0 Å². The minimum atomic E-state index is -0.198. The first-order chi connectivity index (χ1) is 9.95. The fourth-order valence-corrected chi connectivity index (χ4v) is 5.33. The third-order valence-electron chi connectivity index (χ3n) is 5.46. The summed E-state index contributed by atoms with van der Waals surface area (Å²) in [4.78, 5) is 16.5. The van der Waals surface area contributed by atoms with Gasteiger partial charge < -0.3 is 16.2 Å². The zero-order chi connectivity index (χ0) is 14.7. The Bertz CT molecular complexity index is 587. The maximum Gasteiger partial charge on any atom is 0.270 e. The van der Waals surface area contributed by atoms with Crippen molar-refractivity contribution in [1.82, 2.24) is 10.3 Å². The molecule has 1 aromatic rings. The first-order valence-electron chi connectivity index (χ1n) is 7.72. The van der Waals surface area contributed by atoms with E-state index >= 15 is 0 Å². The molecule has 5 nitrogen and oxygen atoms in total. The SMILES string of the molecule is NC12CC3CC(C1)CC(NC(=O)c1cc(O)ccn1)(C3)C2. The van der Waals surface area contributed by atoms with E-state index in [1.807, 2.05) is 0 Å². The van der Waals surface area contributed by atoms with Crippen LogP contribution in [0.3, 0.4) is 0 Å². The van der Waals surface area contributed by atoms with Crippen molar-refractivity contribution in [3.63, 3.8) is 0 Å². The molecule has 0 radical (unpaired) electrons. The van der Waals surface area contributed by atoms with Gasteiger partial charge in [0.1, 0.15) is 11.4 Å². The van der Waals surface area contributed by atoms with Gasteiger partial charge in [0.2, 0.25) is 0 Å². The van der Waals surface area contributed by atoms with Crippen LogP contribution in [0, 0.1) is 11.8 Å². The second kappa shape index (κ2) is 4.19. The van der Waals surface area contributed by atoms with E-state index in [1.165, 1.54) is 24.8 Å². The van der Waals surface area contributed by atoms with Crippen molar-refractivity contribution in [3.8, 4) is 5.75 Å². The number of carbonyl (C=O) groups is 1. The summed E-state index contributed by atoms with van der Waals surface area (Å²) in [5, 5.41) is 12.7. The highest BCUT2D eigenvalue weighted by Crippen LogP contribution is 2.56. The molecule has 2 unspecified atom stereocenters. The van der Waals surface area contributed by atoms with E-state index in [0.29, 0.717) is 11.8 Å². The van der Waals surface area contributed by atoms with Crippen LogP contribution < -0.4 is 11.1 Å². The molecule has 4 saturated carbocycles. The number of nitrogens with two attached hydrogens (primary N) is 1. The van der Waals surface area contributed by atoms with E-state index in [9.17, 15) is 9.90 Å². The Morgan fingerprint density at radius 2 is 2.05 bits per heavy atom. The molecule has 112 valence electrons. The second-order valence-electron chi connectivity index (χ2n) is 7.46. The third-order valence-corrected chi connectivity index (χ3v) is 5.46. The third kappa shape index (κ3) is 2.20. The van der Waals surface area contributed by atoms with Gasteiger partial charge in [0.25, 0.3) is 5.91 Å². The summed E-state index contributed by atoms with van der Waals surface area (Å²) in [7, 11) is 0. The molecular formula is C16H21N3O2. The van der Waals surface area contributed by atoms with Crippen molar-refractivity contribution in [3.05, 3.63) is 24.0 Å². The summed E-state index contributed by atoms with van der Waals surface area (Å²) < 4.78 is 0. The zero-order valence-electron chi connectivity index (χ0n) is 12.0. The summed E-state index contributed by atoms with van der Waals surface area (Å²) in [6.45, 7) is 0. The summed E-state index contributed by atoms with van der Waals surface area (Å²) in [6, 6.07) is 2.88. The van der Waals surface area contributed by atoms with Crippen LogP contribution in [0.5, 0.6) is 5.75 Å². The molecule has 4 aliphatic carbocycles. The maximum absolute atomic E-state index is 12.5. The van der Waals surface area contributed by atoms with E-state index < -0.39 is 0 Å². The number of pyridine rings is 1. The average Bonchev–Trinajstić information content (AvgIpc) is 2.34. The summed E-state index contributed by atoms with van der Waals surface area (Å²) in [5.41, 5.74) is 6.56. The van der Waals surface area contributed by atoms with E-state index in [2.05, 4.69) is 10.3 Å². The predicted molar refractivity (Wildman–Crippen MR) is 77.7 cm³/mol. The Labute approximate surface area is 123 Å². The Morgan fingerprint density at radius 1 is 1.33 bits per heavy atom. The van der Waals surface area contributed by atoms with Gasteiger partial charge in [0.05, 0.1) is 0 Å². The molecule has 21 heavy (non-hydrogen) atoms. The Balaban J connectivity index is 1.58.